The maximum atomic E-state index is 11.1. The summed E-state index contributed by atoms with van der Waals surface area (Å²) in [7, 11) is 0. The minimum atomic E-state index is -1.96. The van der Waals surface area contributed by atoms with Gasteiger partial charge in [0, 0.05) is 0 Å². The quantitative estimate of drug-likeness (QED) is 0.437. The van der Waals surface area contributed by atoms with Gasteiger partial charge in [0.1, 0.15) is 17.9 Å². The van der Waals surface area contributed by atoms with Crippen LogP contribution in [-0.2, 0) is 10.5 Å². The second kappa shape index (κ2) is 4.04. The fraction of sp³-hybridized carbons (Fsp3) is 0.625. The normalized spacial score (nSPS) is 32.9. The van der Waals surface area contributed by atoms with E-state index in [-0.39, 0.29) is 12.3 Å². The zero-order valence-corrected chi connectivity index (χ0v) is 8.72. The van der Waals surface area contributed by atoms with E-state index in [4.69, 9.17) is 15.6 Å². The zero-order chi connectivity index (χ0) is 12.6. The lowest BCUT2D eigenvalue weighted by Crippen LogP contribution is -2.49. The van der Waals surface area contributed by atoms with Crippen LogP contribution < -0.4 is 5.73 Å². The van der Waals surface area contributed by atoms with Crippen LogP contribution in [-0.4, -0.2) is 61.6 Å². The molecule has 2 heterocycles. The maximum absolute atomic E-state index is 11.1. The number of primary amides is 1. The van der Waals surface area contributed by atoms with Crippen LogP contribution >= 0.6 is 0 Å². The van der Waals surface area contributed by atoms with Crippen molar-refractivity contribution >= 4 is 5.91 Å². The second-order valence-corrected chi connectivity index (χ2v) is 3.75. The lowest BCUT2D eigenvalue weighted by Gasteiger charge is -2.26. The predicted molar refractivity (Wildman–Crippen MR) is 51.6 cm³/mol. The topological polar surface area (TPSA) is 144 Å². The monoisotopic (exact) mass is 244 g/mol. The van der Waals surface area contributed by atoms with Gasteiger partial charge in [0.15, 0.2) is 0 Å². The van der Waals surface area contributed by atoms with Crippen molar-refractivity contribution in [2.24, 2.45) is 5.73 Å². The minimum Gasteiger partial charge on any atom is -0.394 e. The average Bonchev–Trinajstić information content (AvgIpc) is 2.87. The van der Waals surface area contributed by atoms with E-state index in [1.165, 1.54) is 0 Å². The Labute approximate surface area is 95.4 Å². The molecule has 0 saturated carbocycles. The van der Waals surface area contributed by atoms with Gasteiger partial charge in [0.25, 0.3) is 5.91 Å². The van der Waals surface area contributed by atoms with Crippen LogP contribution in [0.4, 0.5) is 0 Å². The van der Waals surface area contributed by atoms with Gasteiger partial charge in [-0.25, -0.2) is 4.68 Å². The minimum absolute atomic E-state index is 0.159. The number of nitrogens with zero attached hydrogens (tertiary/aromatic N) is 3. The number of carbonyl (C=O) groups excluding carboxylic acids is 1. The van der Waals surface area contributed by atoms with Gasteiger partial charge in [-0.1, -0.05) is 5.21 Å². The van der Waals surface area contributed by atoms with E-state index >= 15 is 0 Å². The summed E-state index contributed by atoms with van der Waals surface area (Å²) >= 11 is 0. The summed E-state index contributed by atoms with van der Waals surface area (Å²) in [5, 5.41) is 35.9. The van der Waals surface area contributed by atoms with Gasteiger partial charge in [-0.3, -0.25) is 4.79 Å². The lowest BCUT2D eigenvalue weighted by atomic mass is 10.1. The summed E-state index contributed by atoms with van der Waals surface area (Å²) in [5.74, 6) is -0.844. The fourth-order valence-electron chi connectivity index (χ4n) is 1.73. The number of carbonyl (C=O) groups is 1. The molecule has 1 aliphatic rings. The largest absolute Gasteiger partial charge is 0.394 e. The highest BCUT2D eigenvalue weighted by molar-refractivity contribution is 5.90. The van der Waals surface area contributed by atoms with Gasteiger partial charge in [-0.15, -0.1) is 5.10 Å². The molecule has 1 fully saturated rings. The number of hydrogen-bond donors (Lipinski definition) is 4. The summed E-state index contributed by atoms with van der Waals surface area (Å²) in [6.07, 6.45) is -1.32. The maximum Gasteiger partial charge on any atom is 0.268 e. The molecule has 0 aliphatic carbocycles. The first-order valence-electron chi connectivity index (χ1n) is 4.84. The third-order valence-electron chi connectivity index (χ3n) is 2.68. The predicted octanol–water partition coefficient (Wildman–Crippen LogP) is -3.23. The smallest absolute Gasteiger partial charge is 0.268 e. The SMILES string of the molecule is NC(=O)c1cnnn1[C@@]1(O)CO[C@H](CO)[C@H]1O. The van der Waals surface area contributed by atoms with Crippen molar-refractivity contribution in [3.05, 3.63) is 11.9 Å². The highest BCUT2D eigenvalue weighted by Crippen LogP contribution is 2.29. The van der Waals surface area contributed by atoms with E-state index in [9.17, 15) is 15.0 Å². The van der Waals surface area contributed by atoms with Crippen molar-refractivity contribution in [1.29, 1.82) is 0 Å². The third-order valence-corrected chi connectivity index (χ3v) is 2.68. The third kappa shape index (κ3) is 1.69. The van der Waals surface area contributed by atoms with Crippen molar-refractivity contribution in [2.45, 2.75) is 17.9 Å². The number of rotatable bonds is 3. The molecule has 1 aromatic rings. The van der Waals surface area contributed by atoms with Crippen molar-refractivity contribution in [3.63, 3.8) is 0 Å². The number of aromatic nitrogens is 3. The summed E-state index contributed by atoms with van der Waals surface area (Å²) < 4.78 is 5.80. The number of amides is 1. The molecule has 94 valence electrons. The van der Waals surface area contributed by atoms with Gasteiger partial charge in [0.2, 0.25) is 5.72 Å². The number of nitrogens with two attached hydrogens (primary N) is 1. The molecule has 1 aromatic heterocycles. The van der Waals surface area contributed by atoms with Crippen LogP contribution in [0.5, 0.6) is 0 Å². The summed E-state index contributed by atoms with van der Waals surface area (Å²) in [5.41, 5.74) is 2.95. The Morgan fingerprint density at radius 2 is 2.47 bits per heavy atom. The van der Waals surface area contributed by atoms with Gasteiger partial charge in [-0.05, 0) is 0 Å². The second-order valence-electron chi connectivity index (χ2n) is 3.75. The van der Waals surface area contributed by atoms with Crippen LogP contribution in [0.2, 0.25) is 0 Å². The highest BCUT2D eigenvalue weighted by atomic mass is 16.6. The lowest BCUT2D eigenvalue weighted by molar-refractivity contribution is -0.122. The molecule has 0 bridgehead atoms. The molecule has 2 rings (SSSR count). The van der Waals surface area contributed by atoms with E-state index in [1.54, 1.807) is 0 Å². The Morgan fingerprint density at radius 1 is 1.76 bits per heavy atom. The standard InChI is InChI=1S/C8H12N4O5/c9-7(15)4-1-10-11-12(4)8(16)3-17-5(2-13)6(8)14/h1,5-6,13-14,16H,2-3H2,(H2,9,15)/t5-,6-,8-/m1/s1. The van der Waals surface area contributed by atoms with E-state index in [1.807, 2.05) is 0 Å². The van der Waals surface area contributed by atoms with Crippen LogP contribution in [0.1, 0.15) is 10.5 Å². The molecule has 1 saturated heterocycles. The molecule has 0 spiro atoms. The number of aliphatic hydroxyl groups excluding tert-OH is 2. The Hall–Kier alpha value is -1.55. The Balaban J connectivity index is 2.39. The number of ether oxygens (including phenoxy) is 1. The molecule has 0 aromatic carbocycles. The summed E-state index contributed by atoms with van der Waals surface area (Å²) in [6.45, 7) is -0.799. The van der Waals surface area contributed by atoms with Gasteiger partial charge >= 0.3 is 0 Å². The first-order valence-corrected chi connectivity index (χ1v) is 4.84. The van der Waals surface area contributed by atoms with Crippen LogP contribution in [0.15, 0.2) is 6.20 Å². The molecule has 1 aliphatic heterocycles. The van der Waals surface area contributed by atoms with Gasteiger partial charge in [-0.2, -0.15) is 0 Å². The number of aliphatic hydroxyl groups is 3. The van der Waals surface area contributed by atoms with E-state index in [2.05, 4.69) is 10.3 Å². The molecule has 0 radical (unpaired) electrons. The first-order chi connectivity index (χ1) is 8.00. The first kappa shape index (κ1) is 11.9. The van der Waals surface area contributed by atoms with Crippen molar-refractivity contribution in [1.82, 2.24) is 15.0 Å². The fourth-order valence-corrected chi connectivity index (χ4v) is 1.73. The van der Waals surface area contributed by atoms with E-state index in [0.29, 0.717) is 0 Å². The van der Waals surface area contributed by atoms with Crippen molar-refractivity contribution in [2.75, 3.05) is 13.2 Å². The average molecular weight is 244 g/mol. The van der Waals surface area contributed by atoms with Crippen molar-refractivity contribution in [3.8, 4) is 0 Å². The van der Waals surface area contributed by atoms with Crippen molar-refractivity contribution < 1.29 is 24.9 Å². The van der Waals surface area contributed by atoms with Crippen LogP contribution in [0.25, 0.3) is 0 Å². The molecular weight excluding hydrogens is 232 g/mol. The number of hydrogen-bond acceptors (Lipinski definition) is 7. The summed E-state index contributed by atoms with van der Waals surface area (Å²) in [6, 6.07) is 0. The zero-order valence-electron chi connectivity index (χ0n) is 8.72. The Bertz CT molecular complexity index is 435. The van der Waals surface area contributed by atoms with E-state index in [0.717, 1.165) is 10.9 Å². The molecule has 17 heavy (non-hydrogen) atoms. The molecule has 0 unspecified atom stereocenters. The van der Waals surface area contributed by atoms with Gasteiger partial charge in [0.05, 0.1) is 19.4 Å². The Kier molecular flexibility index (Phi) is 2.83. The summed E-state index contributed by atoms with van der Waals surface area (Å²) in [4.78, 5) is 11.1. The highest BCUT2D eigenvalue weighted by Gasteiger charge is 2.51. The molecular formula is C8H12N4O5. The van der Waals surface area contributed by atoms with E-state index < -0.39 is 30.4 Å². The molecule has 1 amide bonds. The molecule has 3 atom stereocenters. The molecule has 5 N–H and O–H groups in total. The Morgan fingerprint density at radius 3 is 3.00 bits per heavy atom. The molecule has 9 nitrogen and oxygen atoms in total. The van der Waals surface area contributed by atoms with Crippen LogP contribution in [0, 0.1) is 0 Å². The van der Waals surface area contributed by atoms with Crippen LogP contribution in [0.3, 0.4) is 0 Å². The van der Waals surface area contributed by atoms with Gasteiger partial charge < -0.3 is 25.8 Å². The molecule has 9 heteroatoms.